The van der Waals surface area contributed by atoms with Crippen LogP contribution in [0.5, 0.6) is 0 Å². The molecule has 0 saturated heterocycles. The highest BCUT2D eigenvalue weighted by Gasteiger charge is 2.12. The molecule has 0 fully saturated rings. The van der Waals surface area contributed by atoms with Gasteiger partial charge in [0.15, 0.2) is 5.96 Å². The number of aliphatic imine (C=N–C) groups is 1. The molecule has 0 bridgehead atoms. The van der Waals surface area contributed by atoms with Crippen LogP contribution in [-0.4, -0.2) is 49.8 Å². The van der Waals surface area contributed by atoms with Crippen molar-refractivity contribution in [3.63, 3.8) is 0 Å². The maximum atomic E-state index is 5.79. The number of nitrogens with one attached hydrogen (secondary N) is 3. The van der Waals surface area contributed by atoms with Gasteiger partial charge in [-0.05, 0) is 51.2 Å². The summed E-state index contributed by atoms with van der Waals surface area (Å²) < 4.78 is 5.79. The third-order valence-electron chi connectivity index (χ3n) is 4.02. The summed E-state index contributed by atoms with van der Waals surface area (Å²) >= 11 is 0. The Labute approximate surface area is 182 Å². The molecule has 156 valence electrons. The number of guanidine groups is 1. The Morgan fingerprint density at radius 1 is 1.15 bits per heavy atom. The Hall–Kier alpha value is -1.09. The number of aromatic nitrogens is 1. The molecule has 6 nitrogen and oxygen atoms in total. The maximum absolute atomic E-state index is 5.79. The van der Waals surface area contributed by atoms with Crippen LogP contribution in [0, 0.1) is 5.92 Å². The minimum absolute atomic E-state index is 0. The van der Waals surface area contributed by atoms with Gasteiger partial charge < -0.3 is 20.7 Å². The number of rotatable bonds is 13. The largest absolute Gasteiger partial charge is 0.378 e. The summed E-state index contributed by atoms with van der Waals surface area (Å²) in [5.74, 6) is 2.35. The first-order valence-corrected chi connectivity index (χ1v) is 9.96. The van der Waals surface area contributed by atoms with Gasteiger partial charge in [-0.2, -0.15) is 0 Å². The number of pyridine rings is 1. The molecule has 0 spiro atoms. The molecule has 1 rings (SSSR count). The molecule has 0 aliphatic heterocycles. The van der Waals surface area contributed by atoms with Crippen LogP contribution in [0.15, 0.2) is 29.4 Å². The highest BCUT2D eigenvalue weighted by molar-refractivity contribution is 14.0. The highest BCUT2D eigenvalue weighted by Crippen LogP contribution is 2.09. The van der Waals surface area contributed by atoms with Gasteiger partial charge in [0.25, 0.3) is 0 Å². The molecule has 0 aliphatic rings. The summed E-state index contributed by atoms with van der Waals surface area (Å²) in [5, 5.41) is 10.0. The van der Waals surface area contributed by atoms with Crippen molar-refractivity contribution in [2.45, 2.75) is 53.1 Å². The molecular weight excluding hydrogens is 453 g/mol. The zero-order chi connectivity index (χ0) is 19.0. The number of ether oxygens (including phenoxy) is 1. The van der Waals surface area contributed by atoms with Crippen LogP contribution in [0.4, 0.5) is 5.82 Å². The van der Waals surface area contributed by atoms with Crippen molar-refractivity contribution < 1.29 is 4.74 Å². The zero-order valence-corrected chi connectivity index (χ0v) is 19.7. The number of halogens is 1. The fourth-order valence-corrected chi connectivity index (χ4v) is 2.61. The second kappa shape index (κ2) is 17.0. The van der Waals surface area contributed by atoms with Gasteiger partial charge in [0.05, 0.1) is 6.10 Å². The summed E-state index contributed by atoms with van der Waals surface area (Å²) in [6, 6.07) is 5.90. The van der Waals surface area contributed by atoms with E-state index in [9.17, 15) is 0 Å². The van der Waals surface area contributed by atoms with Crippen LogP contribution in [0.1, 0.15) is 47.0 Å². The highest BCUT2D eigenvalue weighted by atomic mass is 127. The first-order valence-electron chi connectivity index (χ1n) is 9.96. The molecule has 0 aliphatic carbocycles. The summed E-state index contributed by atoms with van der Waals surface area (Å²) in [6.45, 7) is 12.8. The predicted octanol–water partition coefficient (Wildman–Crippen LogP) is 3.90. The van der Waals surface area contributed by atoms with E-state index < -0.39 is 0 Å². The van der Waals surface area contributed by atoms with Gasteiger partial charge in [0, 0.05) is 39.0 Å². The summed E-state index contributed by atoms with van der Waals surface area (Å²) in [6.07, 6.45) is 5.21. The van der Waals surface area contributed by atoms with Crippen molar-refractivity contribution >= 4 is 35.8 Å². The van der Waals surface area contributed by atoms with Gasteiger partial charge in [-0.25, -0.2) is 4.98 Å². The molecule has 0 aromatic carbocycles. The molecule has 3 N–H and O–H groups in total. The van der Waals surface area contributed by atoms with E-state index in [-0.39, 0.29) is 24.0 Å². The maximum Gasteiger partial charge on any atom is 0.191 e. The van der Waals surface area contributed by atoms with Crippen LogP contribution >= 0.6 is 24.0 Å². The van der Waals surface area contributed by atoms with E-state index in [1.807, 2.05) is 18.2 Å². The third kappa shape index (κ3) is 12.8. The minimum Gasteiger partial charge on any atom is -0.378 e. The Bertz CT molecular complexity index is 485. The second-order valence-corrected chi connectivity index (χ2v) is 6.56. The van der Waals surface area contributed by atoms with E-state index in [4.69, 9.17) is 4.74 Å². The van der Waals surface area contributed by atoms with Crippen molar-refractivity contribution in [1.29, 1.82) is 0 Å². The molecule has 1 atom stereocenters. The average Bonchev–Trinajstić information content (AvgIpc) is 2.64. The standard InChI is InChI=1S/C20H37N5O.HI/c1-5-21-20(25-16-12-18(17(3)4)26-6-2)24-15-10-9-14-23-19-11-7-8-13-22-19;/h7-8,11,13,17-18H,5-6,9-10,12,14-16H2,1-4H3,(H,22,23)(H2,21,24,25);1H. The van der Waals surface area contributed by atoms with Crippen LogP contribution in [-0.2, 0) is 4.74 Å². The van der Waals surface area contributed by atoms with Crippen molar-refractivity contribution in [2.75, 3.05) is 38.1 Å². The van der Waals surface area contributed by atoms with Gasteiger partial charge in [-0.15, -0.1) is 24.0 Å². The van der Waals surface area contributed by atoms with E-state index in [0.29, 0.717) is 12.0 Å². The second-order valence-electron chi connectivity index (χ2n) is 6.56. The number of unbranched alkanes of at least 4 members (excludes halogenated alkanes) is 1. The van der Waals surface area contributed by atoms with Crippen molar-refractivity contribution in [2.24, 2.45) is 10.9 Å². The normalized spacial score (nSPS) is 12.4. The van der Waals surface area contributed by atoms with Gasteiger partial charge >= 0.3 is 0 Å². The monoisotopic (exact) mass is 491 g/mol. The topological polar surface area (TPSA) is 70.6 Å². The van der Waals surface area contributed by atoms with Crippen LogP contribution < -0.4 is 16.0 Å². The lowest BCUT2D eigenvalue weighted by molar-refractivity contribution is 0.0258. The molecule has 27 heavy (non-hydrogen) atoms. The third-order valence-corrected chi connectivity index (χ3v) is 4.02. The summed E-state index contributed by atoms with van der Waals surface area (Å²) in [7, 11) is 0. The van der Waals surface area contributed by atoms with Crippen LogP contribution in [0.3, 0.4) is 0 Å². The summed E-state index contributed by atoms with van der Waals surface area (Å²) in [5.41, 5.74) is 0. The number of hydrogen-bond donors (Lipinski definition) is 3. The molecule has 0 radical (unpaired) electrons. The van der Waals surface area contributed by atoms with E-state index in [1.165, 1.54) is 0 Å². The quantitative estimate of drug-likeness (QED) is 0.169. The molecule has 7 heteroatoms. The van der Waals surface area contributed by atoms with E-state index >= 15 is 0 Å². The smallest absolute Gasteiger partial charge is 0.191 e. The lowest BCUT2D eigenvalue weighted by Gasteiger charge is -2.21. The van der Waals surface area contributed by atoms with Gasteiger partial charge in [-0.3, -0.25) is 4.99 Å². The minimum atomic E-state index is 0. The Morgan fingerprint density at radius 3 is 2.59 bits per heavy atom. The molecule has 1 aromatic heterocycles. The fourth-order valence-electron chi connectivity index (χ4n) is 2.61. The molecule has 0 saturated carbocycles. The van der Waals surface area contributed by atoms with Gasteiger partial charge in [0.1, 0.15) is 5.82 Å². The summed E-state index contributed by atoms with van der Waals surface area (Å²) in [4.78, 5) is 8.91. The number of anilines is 1. The Kier molecular flexibility index (Phi) is 16.4. The molecule has 1 unspecified atom stereocenters. The van der Waals surface area contributed by atoms with Crippen LogP contribution in [0.25, 0.3) is 0 Å². The molecular formula is C20H38IN5O. The Morgan fingerprint density at radius 2 is 1.96 bits per heavy atom. The molecule has 1 heterocycles. The predicted molar refractivity (Wildman–Crippen MR) is 126 cm³/mol. The van der Waals surface area contributed by atoms with Crippen LogP contribution in [0.2, 0.25) is 0 Å². The average molecular weight is 491 g/mol. The van der Waals surface area contributed by atoms with Crippen molar-refractivity contribution in [3.05, 3.63) is 24.4 Å². The SMILES string of the molecule is CCNC(=NCCCCNc1ccccn1)NCCC(OCC)C(C)C.I. The molecule has 0 amide bonds. The molecule has 1 aromatic rings. The zero-order valence-electron chi connectivity index (χ0n) is 17.3. The first kappa shape index (κ1) is 25.9. The lowest BCUT2D eigenvalue weighted by Crippen LogP contribution is -2.39. The van der Waals surface area contributed by atoms with E-state index in [1.54, 1.807) is 6.20 Å². The van der Waals surface area contributed by atoms with Crippen molar-refractivity contribution in [3.8, 4) is 0 Å². The van der Waals surface area contributed by atoms with E-state index in [0.717, 1.165) is 63.8 Å². The van der Waals surface area contributed by atoms with Crippen molar-refractivity contribution in [1.82, 2.24) is 15.6 Å². The lowest BCUT2D eigenvalue weighted by atomic mass is 10.0. The van der Waals surface area contributed by atoms with E-state index in [2.05, 4.69) is 53.6 Å². The van der Waals surface area contributed by atoms with Gasteiger partial charge in [-0.1, -0.05) is 19.9 Å². The Balaban J connectivity index is 0.00000676. The number of hydrogen-bond acceptors (Lipinski definition) is 4. The van der Waals surface area contributed by atoms with Gasteiger partial charge in [0.2, 0.25) is 0 Å². The number of nitrogens with zero attached hydrogens (tertiary/aromatic N) is 2. The first-order chi connectivity index (χ1) is 12.7. The fraction of sp³-hybridized carbons (Fsp3) is 0.700.